The maximum absolute atomic E-state index is 6.14. The van der Waals surface area contributed by atoms with E-state index >= 15 is 0 Å². The number of ether oxygens (including phenoxy) is 3. The number of hydrogen-bond donors (Lipinski definition) is 0. The van der Waals surface area contributed by atoms with Gasteiger partial charge < -0.3 is 19.1 Å². The van der Waals surface area contributed by atoms with Crippen molar-refractivity contribution in [2.45, 2.75) is 12.5 Å². The van der Waals surface area contributed by atoms with Crippen LogP contribution in [-0.2, 0) is 0 Å². The summed E-state index contributed by atoms with van der Waals surface area (Å²) in [6, 6.07) is 13.8. The number of methoxy groups -OCH3 is 2. The third kappa shape index (κ3) is 3.30. The van der Waals surface area contributed by atoms with Crippen molar-refractivity contribution in [3.63, 3.8) is 0 Å². The van der Waals surface area contributed by atoms with E-state index in [1.807, 2.05) is 42.5 Å². The van der Waals surface area contributed by atoms with Crippen LogP contribution in [0.25, 0.3) is 21.9 Å². The Labute approximate surface area is 173 Å². The van der Waals surface area contributed by atoms with Crippen molar-refractivity contribution < 1.29 is 14.2 Å². The molecule has 8 nitrogen and oxygen atoms in total. The molecule has 0 amide bonds. The summed E-state index contributed by atoms with van der Waals surface area (Å²) in [6.45, 7) is 1.46. The normalized spacial score (nSPS) is 16.2. The number of rotatable bonds is 5. The van der Waals surface area contributed by atoms with Crippen LogP contribution in [0.1, 0.15) is 6.42 Å². The van der Waals surface area contributed by atoms with Crippen LogP contribution >= 0.6 is 0 Å². The molecule has 1 atom stereocenters. The first kappa shape index (κ1) is 18.4. The van der Waals surface area contributed by atoms with Crippen molar-refractivity contribution in [2.24, 2.45) is 0 Å². The molecule has 1 saturated heterocycles. The summed E-state index contributed by atoms with van der Waals surface area (Å²) in [6.07, 6.45) is 2.50. The van der Waals surface area contributed by atoms with E-state index in [0.717, 1.165) is 46.5 Å². The summed E-state index contributed by atoms with van der Waals surface area (Å²) in [5.74, 6) is 2.04. The summed E-state index contributed by atoms with van der Waals surface area (Å²) in [5.41, 5.74) is 2.45. The first-order chi connectivity index (χ1) is 14.7. The second-order valence-electron chi connectivity index (χ2n) is 7.06. The van der Waals surface area contributed by atoms with Gasteiger partial charge in [-0.25, -0.2) is 9.97 Å². The number of anilines is 1. The van der Waals surface area contributed by atoms with Crippen LogP contribution in [0.5, 0.6) is 17.6 Å². The highest BCUT2D eigenvalue weighted by Crippen LogP contribution is 2.35. The van der Waals surface area contributed by atoms with Crippen LogP contribution in [-0.4, -0.2) is 53.3 Å². The number of nitrogens with zero attached hydrogens (tertiary/aromatic N) is 5. The van der Waals surface area contributed by atoms with Crippen LogP contribution in [0.2, 0.25) is 0 Å². The highest BCUT2D eigenvalue weighted by molar-refractivity contribution is 5.95. The maximum Gasteiger partial charge on any atom is 0.318 e. The average molecular weight is 403 g/mol. The first-order valence-corrected chi connectivity index (χ1v) is 9.77. The predicted molar refractivity (Wildman–Crippen MR) is 113 cm³/mol. The highest BCUT2D eigenvalue weighted by atomic mass is 16.5. The lowest BCUT2D eigenvalue weighted by atomic mass is 10.2. The zero-order valence-corrected chi connectivity index (χ0v) is 16.8. The van der Waals surface area contributed by atoms with Gasteiger partial charge in [-0.2, -0.15) is 9.97 Å². The smallest absolute Gasteiger partial charge is 0.318 e. The minimum atomic E-state index is -0.0221. The average Bonchev–Trinajstić information content (AvgIpc) is 3.26. The Bertz CT molecular complexity index is 1220. The van der Waals surface area contributed by atoms with Gasteiger partial charge in [0.15, 0.2) is 0 Å². The summed E-state index contributed by atoms with van der Waals surface area (Å²) < 4.78 is 17.0. The minimum Gasteiger partial charge on any atom is -0.496 e. The van der Waals surface area contributed by atoms with Gasteiger partial charge in [0, 0.05) is 13.0 Å². The van der Waals surface area contributed by atoms with Crippen molar-refractivity contribution in [3.8, 4) is 17.6 Å². The van der Waals surface area contributed by atoms with Crippen molar-refractivity contribution in [2.75, 3.05) is 32.2 Å². The molecule has 0 bridgehead atoms. The Kier molecular flexibility index (Phi) is 4.66. The van der Waals surface area contributed by atoms with Crippen molar-refractivity contribution >= 4 is 27.8 Å². The SMILES string of the molecule is COc1nc(N2CC[C@@H](Oc3cnc4ccccc4n3)C2)c2c(OC)cccc2n1. The fraction of sp³-hybridized carbons (Fsp3) is 0.273. The molecule has 2 aromatic heterocycles. The second-order valence-corrected chi connectivity index (χ2v) is 7.06. The van der Waals surface area contributed by atoms with Crippen LogP contribution in [0.15, 0.2) is 48.7 Å². The Morgan fingerprint density at radius 1 is 0.900 bits per heavy atom. The van der Waals surface area contributed by atoms with Gasteiger partial charge >= 0.3 is 6.01 Å². The fourth-order valence-electron chi connectivity index (χ4n) is 3.79. The molecular formula is C22H21N5O3. The zero-order valence-electron chi connectivity index (χ0n) is 16.8. The van der Waals surface area contributed by atoms with E-state index in [2.05, 4.69) is 24.8 Å². The molecule has 5 rings (SSSR count). The van der Waals surface area contributed by atoms with Gasteiger partial charge in [0.25, 0.3) is 0 Å². The summed E-state index contributed by atoms with van der Waals surface area (Å²) in [5, 5.41) is 0.868. The lowest BCUT2D eigenvalue weighted by Crippen LogP contribution is -2.26. The Morgan fingerprint density at radius 3 is 2.57 bits per heavy atom. The Morgan fingerprint density at radius 2 is 1.73 bits per heavy atom. The number of para-hydroxylation sites is 2. The molecule has 0 aliphatic carbocycles. The van der Waals surface area contributed by atoms with Crippen molar-refractivity contribution in [1.82, 2.24) is 19.9 Å². The molecule has 3 heterocycles. The van der Waals surface area contributed by atoms with E-state index in [4.69, 9.17) is 14.2 Å². The van der Waals surface area contributed by atoms with Crippen molar-refractivity contribution in [1.29, 1.82) is 0 Å². The summed E-state index contributed by atoms with van der Waals surface area (Å²) >= 11 is 0. The molecule has 0 N–H and O–H groups in total. The van der Waals surface area contributed by atoms with E-state index in [0.29, 0.717) is 18.4 Å². The molecule has 1 aliphatic heterocycles. The lowest BCUT2D eigenvalue weighted by Gasteiger charge is -2.21. The Hall–Kier alpha value is -3.68. The number of fused-ring (bicyclic) bond motifs is 2. The van der Waals surface area contributed by atoms with Crippen LogP contribution < -0.4 is 19.1 Å². The number of aromatic nitrogens is 4. The molecule has 1 fully saturated rings. The van der Waals surface area contributed by atoms with E-state index in [9.17, 15) is 0 Å². The first-order valence-electron chi connectivity index (χ1n) is 9.77. The van der Waals surface area contributed by atoms with Gasteiger partial charge in [0.2, 0.25) is 5.88 Å². The van der Waals surface area contributed by atoms with Gasteiger partial charge in [-0.3, -0.25) is 0 Å². The lowest BCUT2D eigenvalue weighted by molar-refractivity contribution is 0.215. The molecule has 30 heavy (non-hydrogen) atoms. The minimum absolute atomic E-state index is 0.0221. The monoisotopic (exact) mass is 403 g/mol. The predicted octanol–water partition coefficient (Wildman–Crippen LogP) is 3.25. The molecule has 8 heteroatoms. The van der Waals surface area contributed by atoms with Crippen LogP contribution in [0.3, 0.4) is 0 Å². The molecule has 2 aromatic carbocycles. The summed E-state index contributed by atoms with van der Waals surface area (Å²) in [7, 11) is 3.22. The number of benzene rings is 2. The van der Waals surface area contributed by atoms with E-state index in [1.54, 1.807) is 20.4 Å². The number of hydrogen-bond acceptors (Lipinski definition) is 8. The molecule has 0 radical (unpaired) electrons. The highest BCUT2D eigenvalue weighted by Gasteiger charge is 2.28. The molecule has 152 valence electrons. The van der Waals surface area contributed by atoms with E-state index in [1.165, 1.54) is 0 Å². The molecular weight excluding hydrogens is 382 g/mol. The largest absolute Gasteiger partial charge is 0.496 e. The van der Waals surface area contributed by atoms with Crippen LogP contribution in [0, 0.1) is 0 Å². The third-order valence-corrected chi connectivity index (χ3v) is 5.21. The molecule has 1 aliphatic rings. The molecule has 4 aromatic rings. The molecule has 0 unspecified atom stereocenters. The molecule has 0 saturated carbocycles. The van der Waals surface area contributed by atoms with Crippen molar-refractivity contribution in [3.05, 3.63) is 48.7 Å². The van der Waals surface area contributed by atoms with Gasteiger partial charge in [-0.1, -0.05) is 18.2 Å². The maximum atomic E-state index is 6.14. The van der Waals surface area contributed by atoms with E-state index in [-0.39, 0.29) is 6.10 Å². The topological polar surface area (TPSA) is 82.5 Å². The second kappa shape index (κ2) is 7.62. The van der Waals surface area contributed by atoms with Gasteiger partial charge in [-0.05, 0) is 24.3 Å². The quantitative estimate of drug-likeness (QED) is 0.502. The summed E-state index contributed by atoms with van der Waals surface area (Å²) in [4.78, 5) is 20.3. The Balaban J connectivity index is 1.43. The van der Waals surface area contributed by atoms with Gasteiger partial charge in [0.1, 0.15) is 17.7 Å². The standard InChI is InChI=1S/C22H21N5O3/c1-28-18-9-5-8-17-20(18)21(26-22(25-17)29-2)27-11-10-14(13-27)30-19-12-23-15-6-3-4-7-16(15)24-19/h3-9,12,14H,10-11,13H2,1-2H3/t14-/m1/s1. The van der Waals surface area contributed by atoms with Gasteiger partial charge in [0.05, 0.1) is 48.9 Å². The third-order valence-electron chi connectivity index (χ3n) is 5.21. The molecule has 0 spiro atoms. The van der Waals surface area contributed by atoms with E-state index < -0.39 is 0 Å². The fourth-order valence-corrected chi connectivity index (χ4v) is 3.79. The zero-order chi connectivity index (χ0) is 20.5. The van der Waals surface area contributed by atoms with Gasteiger partial charge in [-0.15, -0.1) is 0 Å². The van der Waals surface area contributed by atoms with Crippen LogP contribution in [0.4, 0.5) is 5.82 Å².